The number of carboxylic acids is 1. The molecule has 9 nitrogen and oxygen atoms in total. The Labute approximate surface area is 182 Å². The Kier molecular flexibility index (Phi) is 5.89. The minimum atomic E-state index is -1.11. The van der Waals surface area contributed by atoms with Gasteiger partial charge in [0.25, 0.3) is 0 Å². The minimum absolute atomic E-state index is 0.108. The van der Waals surface area contributed by atoms with Crippen LogP contribution in [0.5, 0.6) is 5.75 Å². The molecule has 0 aliphatic rings. The van der Waals surface area contributed by atoms with Gasteiger partial charge in [-0.15, -0.1) is 0 Å². The maximum absolute atomic E-state index is 12.2. The van der Waals surface area contributed by atoms with Crippen LogP contribution in [-0.2, 0) is 6.54 Å². The fourth-order valence-electron chi connectivity index (χ4n) is 3.31. The van der Waals surface area contributed by atoms with Crippen molar-refractivity contribution in [2.45, 2.75) is 6.54 Å². The van der Waals surface area contributed by atoms with Crippen LogP contribution in [0.1, 0.15) is 21.9 Å². The second-order valence-electron chi connectivity index (χ2n) is 6.83. The van der Waals surface area contributed by atoms with Crippen LogP contribution < -0.4 is 15.5 Å². The number of benzene rings is 2. The largest absolute Gasteiger partial charge is 0.495 e. The zero-order chi connectivity index (χ0) is 22.5. The number of furan rings is 1. The standard InChI is InChI=1S/C23H20N4O5/c1-31-20-9-5-3-7-18(20)25-23(30)26-24-12-15-13-27(19-8-4-2-6-17(15)19)14-16-10-11-21(32-16)22(28)29/h2-13H,14H2,1H3,(H,28,29)(H2,25,26,30)/b24-12+. The van der Waals surface area contributed by atoms with Crippen LogP contribution in [0.2, 0.25) is 0 Å². The number of ether oxygens (including phenoxy) is 1. The number of methoxy groups -OCH3 is 1. The molecule has 4 rings (SSSR count). The number of carbonyl (C=O) groups is 2. The number of rotatable bonds is 7. The van der Waals surface area contributed by atoms with E-state index in [1.807, 2.05) is 35.0 Å². The lowest BCUT2D eigenvalue weighted by atomic mass is 10.2. The van der Waals surface area contributed by atoms with E-state index in [0.717, 1.165) is 16.5 Å². The maximum Gasteiger partial charge on any atom is 0.371 e. The highest BCUT2D eigenvalue weighted by molar-refractivity contribution is 6.00. The number of aromatic carboxylic acids is 1. The van der Waals surface area contributed by atoms with Gasteiger partial charge < -0.3 is 24.1 Å². The predicted molar refractivity (Wildman–Crippen MR) is 119 cm³/mol. The van der Waals surface area contributed by atoms with Crippen molar-refractivity contribution in [3.63, 3.8) is 0 Å². The molecule has 0 saturated carbocycles. The quantitative estimate of drug-likeness (QED) is 0.300. The Morgan fingerprint density at radius 2 is 1.91 bits per heavy atom. The molecule has 0 atom stereocenters. The Morgan fingerprint density at radius 1 is 1.12 bits per heavy atom. The van der Waals surface area contributed by atoms with Gasteiger partial charge in [-0.3, -0.25) is 0 Å². The van der Waals surface area contributed by atoms with Crippen LogP contribution in [0.15, 0.2) is 76.4 Å². The summed E-state index contributed by atoms with van der Waals surface area (Å²) >= 11 is 0. The van der Waals surface area contributed by atoms with E-state index < -0.39 is 12.0 Å². The molecule has 0 fully saturated rings. The van der Waals surface area contributed by atoms with E-state index in [2.05, 4.69) is 15.8 Å². The van der Waals surface area contributed by atoms with Crippen molar-refractivity contribution >= 4 is 34.8 Å². The molecule has 2 amide bonds. The number of nitrogens with one attached hydrogen (secondary N) is 2. The zero-order valence-corrected chi connectivity index (χ0v) is 17.1. The highest BCUT2D eigenvalue weighted by Gasteiger charge is 2.12. The smallest absolute Gasteiger partial charge is 0.371 e. The molecule has 0 spiro atoms. The van der Waals surface area contributed by atoms with E-state index in [0.29, 0.717) is 23.7 Å². The molecule has 4 aromatic rings. The van der Waals surface area contributed by atoms with Crippen LogP contribution in [0.4, 0.5) is 10.5 Å². The van der Waals surface area contributed by atoms with Gasteiger partial charge in [-0.25, -0.2) is 15.0 Å². The number of aromatic nitrogens is 1. The average Bonchev–Trinajstić information content (AvgIpc) is 3.40. The molecule has 0 aliphatic heterocycles. The van der Waals surface area contributed by atoms with Gasteiger partial charge in [0.05, 0.1) is 25.6 Å². The van der Waals surface area contributed by atoms with Crippen molar-refractivity contribution in [2.24, 2.45) is 5.10 Å². The molecule has 0 unspecified atom stereocenters. The molecule has 0 bridgehead atoms. The zero-order valence-electron chi connectivity index (χ0n) is 17.1. The number of hydrazone groups is 1. The predicted octanol–water partition coefficient (Wildman–Crippen LogP) is 4.15. The van der Waals surface area contributed by atoms with E-state index in [4.69, 9.17) is 14.3 Å². The second kappa shape index (κ2) is 9.09. The van der Waals surface area contributed by atoms with Crippen LogP contribution in [0.3, 0.4) is 0 Å². The van der Waals surface area contributed by atoms with Gasteiger partial charge in [-0.2, -0.15) is 5.10 Å². The number of anilines is 1. The lowest BCUT2D eigenvalue weighted by molar-refractivity contribution is 0.0660. The number of hydrogen-bond donors (Lipinski definition) is 3. The Morgan fingerprint density at radius 3 is 2.69 bits per heavy atom. The molecule has 162 valence electrons. The summed E-state index contributed by atoms with van der Waals surface area (Å²) in [7, 11) is 1.53. The number of para-hydroxylation sites is 3. The van der Waals surface area contributed by atoms with Crippen LogP contribution >= 0.6 is 0 Å². The number of amides is 2. The van der Waals surface area contributed by atoms with Gasteiger partial charge >= 0.3 is 12.0 Å². The third-order valence-corrected chi connectivity index (χ3v) is 4.74. The number of fused-ring (bicyclic) bond motifs is 1. The average molecular weight is 432 g/mol. The Hall–Kier alpha value is -4.53. The first kappa shape index (κ1) is 20.7. The summed E-state index contributed by atoms with van der Waals surface area (Å²) in [5.74, 6) is -0.165. The number of carbonyl (C=O) groups excluding carboxylic acids is 1. The number of carboxylic acid groups (broad SMARTS) is 1. The molecule has 2 heterocycles. The molecule has 2 aromatic heterocycles. The number of hydrogen-bond acceptors (Lipinski definition) is 5. The van der Waals surface area contributed by atoms with E-state index in [1.165, 1.54) is 13.2 Å². The summed E-state index contributed by atoms with van der Waals surface area (Å²) < 4.78 is 12.5. The SMILES string of the molecule is COc1ccccc1NC(=O)N/N=C/c1cn(Cc2ccc(C(=O)O)o2)c2ccccc12. The molecule has 9 heteroatoms. The molecule has 0 saturated heterocycles. The summed E-state index contributed by atoms with van der Waals surface area (Å²) in [5, 5.41) is 16.7. The molecule has 0 radical (unpaired) electrons. The van der Waals surface area contributed by atoms with Crippen molar-refractivity contribution in [1.82, 2.24) is 9.99 Å². The lowest BCUT2D eigenvalue weighted by Crippen LogP contribution is -2.24. The molecular formula is C23H20N4O5. The van der Waals surface area contributed by atoms with Crippen LogP contribution in [-0.4, -0.2) is 35.0 Å². The van der Waals surface area contributed by atoms with Crippen LogP contribution in [0, 0.1) is 0 Å². The first-order valence-corrected chi connectivity index (χ1v) is 9.68. The van der Waals surface area contributed by atoms with Crippen molar-refractivity contribution in [2.75, 3.05) is 12.4 Å². The first-order chi connectivity index (χ1) is 15.5. The highest BCUT2D eigenvalue weighted by Crippen LogP contribution is 2.23. The van der Waals surface area contributed by atoms with Crippen molar-refractivity contribution in [1.29, 1.82) is 0 Å². The summed E-state index contributed by atoms with van der Waals surface area (Å²) in [6.07, 6.45) is 3.41. The third-order valence-electron chi connectivity index (χ3n) is 4.74. The van der Waals surface area contributed by atoms with Gasteiger partial charge in [-0.05, 0) is 30.3 Å². The van der Waals surface area contributed by atoms with Gasteiger partial charge in [0.15, 0.2) is 0 Å². The van der Waals surface area contributed by atoms with Crippen molar-refractivity contribution in [3.8, 4) is 5.75 Å². The van der Waals surface area contributed by atoms with Gasteiger partial charge in [-0.1, -0.05) is 30.3 Å². The summed E-state index contributed by atoms with van der Waals surface area (Å²) in [4.78, 5) is 23.2. The normalized spacial score (nSPS) is 11.0. The van der Waals surface area contributed by atoms with E-state index >= 15 is 0 Å². The van der Waals surface area contributed by atoms with Crippen molar-refractivity contribution in [3.05, 3.63) is 83.9 Å². The molecule has 3 N–H and O–H groups in total. The first-order valence-electron chi connectivity index (χ1n) is 9.68. The van der Waals surface area contributed by atoms with Crippen molar-refractivity contribution < 1.29 is 23.8 Å². The molecule has 2 aromatic carbocycles. The summed E-state index contributed by atoms with van der Waals surface area (Å²) in [5.41, 5.74) is 4.67. The summed E-state index contributed by atoms with van der Waals surface area (Å²) in [6.45, 7) is 0.351. The Bertz CT molecular complexity index is 1300. The topological polar surface area (TPSA) is 118 Å². The van der Waals surface area contributed by atoms with E-state index in [9.17, 15) is 9.59 Å². The van der Waals surface area contributed by atoms with Crippen LogP contribution in [0.25, 0.3) is 10.9 Å². The number of nitrogens with zero attached hydrogens (tertiary/aromatic N) is 2. The van der Waals surface area contributed by atoms with E-state index in [1.54, 1.807) is 36.5 Å². The fraction of sp³-hybridized carbons (Fsp3) is 0.0870. The highest BCUT2D eigenvalue weighted by atomic mass is 16.5. The third kappa shape index (κ3) is 4.46. The van der Waals surface area contributed by atoms with Gasteiger partial charge in [0.1, 0.15) is 11.5 Å². The lowest BCUT2D eigenvalue weighted by Gasteiger charge is -2.08. The fourth-order valence-corrected chi connectivity index (χ4v) is 3.31. The monoisotopic (exact) mass is 432 g/mol. The molecule has 0 aliphatic carbocycles. The van der Waals surface area contributed by atoms with Gasteiger partial charge in [0.2, 0.25) is 5.76 Å². The van der Waals surface area contributed by atoms with E-state index in [-0.39, 0.29) is 5.76 Å². The van der Waals surface area contributed by atoms with Gasteiger partial charge in [0, 0.05) is 22.7 Å². The Balaban J connectivity index is 1.49. The molecular weight excluding hydrogens is 412 g/mol. The number of urea groups is 1. The molecule has 32 heavy (non-hydrogen) atoms. The maximum atomic E-state index is 12.2. The second-order valence-corrected chi connectivity index (χ2v) is 6.83. The summed E-state index contributed by atoms with van der Waals surface area (Å²) in [6, 6.07) is 17.3. The minimum Gasteiger partial charge on any atom is -0.495 e.